The van der Waals surface area contributed by atoms with Crippen molar-refractivity contribution in [2.45, 2.75) is 0 Å². The van der Waals surface area contributed by atoms with Crippen LogP contribution in [0.25, 0.3) is 29.1 Å². The summed E-state index contributed by atoms with van der Waals surface area (Å²) in [7, 11) is 0. The Labute approximate surface area is 156 Å². The van der Waals surface area contributed by atoms with Crippen molar-refractivity contribution in [1.82, 2.24) is 9.38 Å². The molecule has 2 heterocycles. The van der Waals surface area contributed by atoms with E-state index in [1.807, 2.05) is 65.3 Å². The maximum Gasteiger partial charge on any atom is 0.138 e. The molecule has 2 nitrogen and oxygen atoms in total. The third kappa shape index (κ3) is 3.60. The van der Waals surface area contributed by atoms with Gasteiger partial charge in [0.15, 0.2) is 0 Å². The van der Waals surface area contributed by atoms with Crippen molar-refractivity contribution in [3.8, 4) is 11.3 Å². The first-order valence-electron chi connectivity index (χ1n) is 7.86. The number of pyridine rings is 1. The number of nitrogens with zero attached hydrogens (tertiary/aromatic N) is 2. The van der Waals surface area contributed by atoms with E-state index in [0.717, 1.165) is 38.1 Å². The van der Waals surface area contributed by atoms with Gasteiger partial charge in [-0.2, -0.15) is 0 Å². The average molecular weight is 365 g/mol. The average Bonchev–Trinajstić information content (AvgIpc) is 3.05. The minimum Gasteiger partial charge on any atom is -0.306 e. The topological polar surface area (TPSA) is 17.3 Å². The number of aromatic nitrogens is 2. The fraction of sp³-hybridized carbons (Fsp3) is 0. The van der Waals surface area contributed by atoms with Crippen molar-refractivity contribution in [1.29, 1.82) is 0 Å². The van der Waals surface area contributed by atoms with Crippen molar-refractivity contribution < 1.29 is 0 Å². The molecular formula is C21H14Cl2N2. The lowest BCUT2D eigenvalue weighted by atomic mass is 10.1. The number of halogens is 2. The van der Waals surface area contributed by atoms with E-state index < -0.39 is 0 Å². The molecule has 2 aromatic heterocycles. The quantitative estimate of drug-likeness (QED) is 0.406. The van der Waals surface area contributed by atoms with Gasteiger partial charge in [0.1, 0.15) is 5.65 Å². The lowest BCUT2D eigenvalue weighted by Crippen LogP contribution is -1.82. The second-order valence-electron chi connectivity index (χ2n) is 5.74. The van der Waals surface area contributed by atoms with E-state index in [2.05, 4.69) is 24.3 Å². The van der Waals surface area contributed by atoms with Crippen molar-refractivity contribution in [2.75, 3.05) is 0 Å². The standard InChI is InChI=1S/C21H14Cl2N2/c22-18-7-3-15(4-8-18)1-2-16-11-12-25-14-20(24-21(25)13-16)17-5-9-19(23)10-6-17/h1-14H/b2-1+. The highest BCUT2D eigenvalue weighted by molar-refractivity contribution is 6.30. The van der Waals surface area contributed by atoms with Gasteiger partial charge >= 0.3 is 0 Å². The van der Waals surface area contributed by atoms with Gasteiger partial charge in [0.25, 0.3) is 0 Å². The molecule has 4 rings (SSSR count). The number of fused-ring (bicyclic) bond motifs is 1. The molecule has 0 unspecified atom stereocenters. The van der Waals surface area contributed by atoms with Crippen LogP contribution >= 0.6 is 23.2 Å². The van der Waals surface area contributed by atoms with E-state index in [1.54, 1.807) is 0 Å². The summed E-state index contributed by atoms with van der Waals surface area (Å²) in [5.41, 5.74) is 5.08. The second-order valence-corrected chi connectivity index (χ2v) is 6.62. The minimum absolute atomic E-state index is 0.724. The smallest absolute Gasteiger partial charge is 0.138 e. The number of imidazole rings is 1. The molecule has 0 aliphatic rings. The van der Waals surface area contributed by atoms with Crippen LogP contribution in [-0.4, -0.2) is 9.38 Å². The van der Waals surface area contributed by atoms with Gasteiger partial charge in [-0.05, 0) is 47.5 Å². The summed E-state index contributed by atoms with van der Waals surface area (Å²) in [5, 5.41) is 1.47. The van der Waals surface area contributed by atoms with Crippen LogP contribution in [0.4, 0.5) is 0 Å². The normalized spacial score (nSPS) is 11.4. The first-order valence-corrected chi connectivity index (χ1v) is 8.61. The Kier molecular flexibility index (Phi) is 4.31. The number of hydrogen-bond acceptors (Lipinski definition) is 1. The van der Waals surface area contributed by atoms with Crippen LogP contribution < -0.4 is 0 Å². The summed E-state index contributed by atoms with van der Waals surface area (Å²) in [4.78, 5) is 4.71. The zero-order valence-electron chi connectivity index (χ0n) is 13.2. The van der Waals surface area contributed by atoms with Gasteiger partial charge < -0.3 is 4.40 Å². The maximum absolute atomic E-state index is 5.95. The Hall–Kier alpha value is -2.55. The third-order valence-corrected chi connectivity index (χ3v) is 4.47. The van der Waals surface area contributed by atoms with Crippen LogP contribution in [0.1, 0.15) is 11.1 Å². The van der Waals surface area contributed by atoms with Gasteiger partial charge in [0.2, 0.25) is 0 Å². The van der Waals surface area contributed by atoms with Crippen LogP contribution in [0.2, 0.25) is 10.0 Å². The number of rotatable bonds is 3. The van der Waals surface area contributed by atoms with E-state index in [0.29, 0.717) is 0 Å². The van der Waals surface area contributed by atoms with Crippen LogP contribution in [0, 0.1) is 0 Å². The monoisotopic (exact) mass is 364 g/mol. The molecule has 0 N–H and O–H groups in total. The van der Waals surface area contributed by atoms with Gasteiger partial charge in [-0.15, -0.1) is 0 Å². The predicted molar refractivity (Wildman–Crippen MR) is 106 cm³/mol. The summed E-state index contributed by atoms with van der Waals surface area (Å²) < 4.78 is 2.02. The fourth-order valence-electron chi connectivity index (χ4n) is 2.63. The zero-order valence-corrected chi connectivity index (χ0v) is 14.7. The maximum atomic E-state index is 5.95. The molecule has 0 fully saturated rings. The summed E-state index contributed by atoms with van der Waals surface area (Å²) in [6.45, 7) is 0. The minimum atomic E-state index is 0.724. The highest BCUT2D eigenvalue weighted by Gasteiger charge is 2.04. The van der Waals surface area contributed by atoms with Gasteiger partial charge in [-0.3, -0.25) is 0 Å². The van der Waals surface area contributed by atoms with Crippen molar-refractivity contribution in [2.24, 2.45) is 0 Å². The van der Waals surface area contributed by atoms with E-state index in [4.69, 9.17) is 28.2 Å². The first-order chi connectivity index (χ1) is 12.2. The summed E-state index contributed by atoms with van der Waals surface area (Å²) in [6.07, 6.45) is 8.17. The largest absolute Gasteiger partial charge is 0.306 e. The molecule has 0 atom stereocenters. The Morgan fingerprint density at radius 1 is 0.760 bits per heavy atom. The van der Waals surface area contributed by atoms with E-state index in [-0.39, 0.29) is 0 Å². The molecule has 0 radical (unpaired) electrons. The summed E-state index contributed by atoms with van der Waals surface area (Å²) >= 11 is 11.9. The highest BCUT2D eigenvalue weighted by Crippen LogP contribution is 2.22. The van der Waals surface area contributed by atoms with E-state index in [9.17, 15) is 0 Å². The number of hydrogen-bond donors (Lipinski definition) is 0. The predicted octanol–water partition coefficient (Wildman–Crippen LogP) is 6.48. The lowest BCUT2D eigenvalue weighted by Gasteiger charge is -1.97. The van der Waals surface area contributed by atoms with E-state index in [1.165, 1.54) is 0 Å². The van der Waals surface area contributed by atoms with Crippen LogP contribution in [0.15, 0.2) is 73.1 Å². The number of benzene rings is 2. The van der Waals surface area contributed by atoms with E-state index >= 15 is 0 Å². The third-order valence-electron chi connectivity index (χ3n) is 3.96. The molecule has 0 aliphatic carbocycles. The Morgan fingerprint density at radius 2 is 1.40 bits per heavy atom. The molecule has 0 bridgehead atoms. The Bertz CT molecular complexity index is 1050. The van der Waals surface area contributed by atoms with Crippen molar-refractivity contribution in [3.05, 3.63) is 94.2 Å². The van der Waals surface area contributed by atoms with Crippen LogP contribution in [-0.2, 0) is 0 Å². The Morgan fingerprint density at radius 3 is 2.12 bits per heavy atom. The van der Waals surface area contributed by atoms with Crippen LogP contribution in [0.5, 0.6) is 0 Å². The van der Waals surface area contributed by atoms with Gasteiger partial charge in [-0.25, -0.2) is 4.98 Å². The molecule has 0 amide bonds. The molecular weight excluding hydrogens is 351 g/mol. The molecule has 4 heteroatoms. The summed E-state index contributed by atoms with van der Waals surface area (Å²) in [6, 6.07) is 19.6. The van der Waals surface area contributed by atoms with Gasteiger partial charge in [-0.1, -0.05) is 59.6 Å². The molecule has 0 spiro atoms. The van der Waals surface area contributed by atoms with Gasteiger partial charge in [0.05, 0.1) is 5.69 Å². The molecule has 4 aromatic rings. The van der Waals surface area contributed by atoms with Crippen molar-refractivity contribution >= 4 is 41.0 Å². The van der Waals surface area contributed by atoms with Gasteiger partial charge in [0, 0.05) is 28.0 Å². The Balaban J connectivity index is 1.63. The van der Waals surface area contributed by atoms with Crippen molar-refractivity contribution in [3.63, 3.8) is 0 Å². The first kappa shape index (κ1) is 15.9. The molecule has 25 heavy (non-hydrogen) atoms. The molecule has 0 saturated carbocycles. The molecule has 0 aliphatic heterocycles. The SMILES string of the molecule is Clc1ccc(/C=C/c2ccn3cc(-c4ccc(Cl)cc4)nc3c2)cc1. The fourth-order valence-corrected chi connectivity index (χ4v) is 2.88. The molecule has 122 valence electrons. The highest BCUT2D eigenvalue weighted by atomic mass is 35.5. The zero-order chi connectivity index (χ0) is 17.2. The lowest BCUT2D eigenvalue weighted by molar-refractivity contribution is 1.18. The van der Waals surface area contributed by atoms with Crippen LogP contribution in [0.3, 0.4) is 0 Å². The summed E-state index contributed by atoms with van der Waals surface area (Å²) in [5.74, 6) is 0. The molecule has 0 saturated heterocycles. The molecule has 2 aromatic carbocycles. The second kappa shape index (κ2) is 6.75.